The molecule has 0 radical (unpaired) electrons. The summed E-state index contributed by atoms with van der Waals surface area (Å²) in [6, 6.07) is 0. The Bertz CT molecular complexity index is 369. The van der Waals surface area contributed by atoms with Crippen LogP contribution in [0.15, 0.2) is 6.20 Å². The molecular formula is C9H15N5O2. The van der Waals surface area contributed by atoms with E-state index in [1.165, 1.54) is 0 Å². The molecule has 0 saturated carbocycles. The van der Waals surface area contributed by atoms with Crippen LogP contribution in [0, 0.1) is 6.92 Å². The molecule has 1 aromatic rings. The number of anilines is 2. The predicted octanol–water partition coefficient (Wildman–Crippen LogP) is -0.719. The lowest BCUT2D eigenvalue weighted by Gasteiger charge is -2.08. The molecule has 1 aromatic heterocycles. The van der Waals surface area contributed by atoms with Crippen LogP contribution in [0.3, 0.4) is 0 Å². The molecule has 7 heteroatoms. The molecule has 0 atom stereocenters. The monoisotopic (exact) mass is 225 g/mol. The fraction of sp³-hybridized carbons (Fsp3) is 0.444. The van der Waals surface area contributed by atoms with Gasteiger partial charge in [0.1, 0.15) is 12.4 Å². The van der Waals surface area contributed by atoms with Gasteiger partial charge in [-0.25, -0.2) is 4.98 Å². The Labute approximate surface area is 93.2 Å². The SMILES string of the molecule is Cc1cnc(N)nc1NCCOCC(N)=O. The summed E-state index contributed by atoms with van der Waals surface area (Å²) >= 11 is 0. The predicted molar refractivity (Wildman–Crippen MR) is 59.7 cm³/mol. The van der Waals surface area contributed by atoms with E-state index in [-0.39, 0.29) is 12.6 Å². The van der Waals surface area contributed by atoms with Gasteiger partial charge in [0.15, 0.2) is 0 Å². The number of primary amides is 1. The highest BCUT2D eigenvalue weighted by atomic mass is 16.5. The van der Waals surface area contributed by atoms with Crippen LogP contribution in [0.2, 0.25) is 0 Å². The molecule has 0 aliphatic rings. The van der Waals surface area contributed by atoms with Gasteiger partial charge in [0.05, 0.1) is 6.61 Å². The minimum Gasteiger partial charge on any atom is -0.370 e. The van der Waals surface area contributed by atoms with Gasteiger partial charge < -0.3 is 21.5 Å². The summed E-state index contributed by atoms with van der Waals surface area (Å²) < 4.78 is 4.98. The Morgan fingerprint density at radius 1 is 1.62 bits per heavy atom. The van der Waals surface area contributed by atoms with E-state index in [0.717, 1.165) is 5.56 Å². The number of hydrogen-bond donors (Lipinski definition) is 3. The maximum atomic E-state index is 10.4. The number of rotatable bonds is 6. The van der Waals surface area contributed by atoms with Crippen molar-refractivity contribution in [2.45, 2.75) is 6.92 Å². The van der Waals surface area contributed by atoms with Crippen molar-refractivity contribution in [3.63, 3.8) is 0 Å². The molecule has 0 fully saturated rings. The van der Waals surface area contributed by atoms with Crippen molar-refractivity contribution in [2.75, 3.05) is 30.8 Å². The Morgan fingerprint density at radius 3 is 3.06 bits per heavy atom. The van der Waals surface area contributed by atoms with Crippen LogP contribution >= 0.6 is 0 Å². The van der Waals surface area contributed by atoms with E-state index in [2.05, 4.69) is 15.3 Å². The van der Waals surface area contributed by atoms with Crippen molar-refractivity contribution < 1.29 is 9.53 Å². The summed E-state index contributed by atoms with van der Waals surface area (Å²) in [5.74, 6) is 0.392. The van der Waals surface area contributed by atoms with Crippen LogP contribution in [-0.2, 0) is 9.53 Å². The van der Waals surface area contributed by atoms with Crippen LogP contribution in [-0.4, -0.2) is 35.6 Å². The number of aromatic nitrogens is 2. The molecule has 7 nitrogen and oxygen atoms in total. The second-order valence-electron chi connectivity index (χ2n) is 3.21. The fourth-order valence-electron chi connectivity index (χ4n) is 1.05. The third kappa shape index (κ3) is 4.09. The second-order valence-corrected chi connectivity index (χ2v) is 3.21. The molecular weight excluding hydrogens is 210 g/mol. The molecule has 1 amide bonds. The lowest BCUT2D eigenvalue weighted by atomic mass is 10.3. The van der Waals surface area contributed by atoms with E-state index >= 15 is 0 Å². The first-order chi connectivity index (χ1) is 7.59. The lowest BCUT2D eigenvalue weighted by molar-refractivity contribution is -0.122. The van der Waals surface area contributed by atoms with Crippen molar-refractivity contribution in [2.24, 2.45) is 5.73 Å². The number of carbonyl (C=O) groups excluding carboxylic acids is 1. The van der Waals surface area contributed by atoms with Gasteiger partial charge in [-0.05, 0) is 6.92 Å². The normalized spacial score (nSPS) is 10.1. The molecule has 1 heterocycles. The van der Waals surface area contributed by atoms with E-state index in [4.69, 9.17) is 16.2 Å². The number of carbonyl (C=O) groups is 1. The highest BCUT2D eigenvalue weighted by Gasteiger charge is 2.00. The summed E-state index contributed by atoms with van der Waals surface area (Å²) in [5, 5.41) is 3.02. The third-order valence-corrected chi connectivity index (χ3v) is 1.77. The molecule has 16 heavy (non-hydrogen) atoms. The van der Waals surface area contributed by atoms with Gasteiger partial charge in [-0.3, -0.25) is 4.79 Å². The van der Waals surface area contributed by atoms with Crippen LogP contribution in [0.5, 0.6) is 0 Å². The van der Waals surface area contributed by atoms with E-state index in [0.29, 0.717) is 19.0 Å². The van der Waals surface area contributed by atoms with Crippen LogP contribution in [0.4, 0.5) is 11.8 Å². The van der Waals surface area contributed by atoms with Crippen molar-refractivity contribution in [1.29, 1.82) is 0 Å². The van der Waals surface area contributed by atoms with E-state index < -0.39 is 5.91 Å². The lowest BCUT2D eigenvalue weighted by Crippen LogP contribution is -2.21. The zero-order valence-electron chi connectivity index (χ0n) is 9.06. The van der Waals surface area contributed by atoms with Gasteiger partial charge in [0.25, 0.3) is 0 Å². The van der Waals surface area contributed by atoms with Gasteiger partial charge in [-0.1, -0.05) is 0 Å². The quantitative estimate of drug-likeness (QED) is 0.550. The first kappa shape index (κ1) is 12.2. The first-order valence-electron chi connectivity index (χ1n) is 4.78. The van der Waals surface area contributed by atoms with Gasteiger partial charge in [-0.2, -0.15) is 4.98 Å². The third-order valence-electron chi connectivity index (χ3n) is 1.77. The van der Waals surface area contributed by atoms with Crippen LogP contribution in [0.25, 0.3) is 0 Å². The summed E-state index contributed by atoms with van der Waals surface area (Å²) in [6.45, 7) is 2.68. The zero-order chi connectivity index (χ0) is 12.0. The maximum absolute atomic E-state index is 10.4. The highest BCUT2D eigenvalue weighted by molar-refractivity contribution is 5.74. The Balaban J connectivity index is 2.31. The van der Waals surface area contributed by atoms with E-state index in [1.807, 2.05) is 6.92 Å². The molecule has 0 aliphatic carbocycles. The number of nitrogens with two attached hydrogens (primary N) is 2. The van der Waals surface area contributed by atoms with Gasteiger partial charge in [0.2, 0.25) is 11.9 Å². The smallest absolute Gasteiger partial charge is 0.243 e. The molecule has 0 unspecified atom stereocenters. The van der Waals surface area contributed by atoms with E-state index in [1.54, 1.807) is 6.20 Å². The molecule has 0 aromatic carbocycles. The van der Waals surface area contributed by atoms with Crippen molar-refractivity contribution in [3.05, 3.63) is 11.8 Å². The Kier molecular flexibility index (Phi) is 4.46. The largest absolute Gasteiger partial charge is 0.370 e. The second kappa shape index (κ2) is 5.86. The minimum absolute atomic E-state index is 0.0768. The Morgan fingerprint density at radius 2 is 2.38 bits per heavy atom. The van der Waals surface area contributed by atoms with Gasteiger partial charge in [-0.15, -0.1) is 0 Å². The maximum Gasteiger partial charge on any atom is 0.243 e. The molecule has 0 bridgehead atoms. The fourth-order valence-corrected chi connectivity index (χ4v) is 1.05. The number of nitrogen functional groups attached to an aromatic ring is 1. The summed E-state index contributed by atoms with van der Waals surface area (Å²) in [6.07, 6.45) is 1.63. The highest BCUT2D eigenvalue weighted by Crippen LogP contribution is 2.09. The molecule has 88 valence electrons. The molecule has 0 aliphatic heterocycles. The van der Waals surface area contributed by atoms with Gasteiger partial charge in [0, 0.05) is 18.3 Å². The number of nitrogens with one attached hydrogen (secondary N) is 1. The summed E-state index contributed by atoms with van der Waals surface area (Å²) in [7, 11) is 0. The molecule has 0 saturated heterocycles. The topological polar surface area (TPSA) is 116 Å². The Hall–Kier alpha value is -1.89. The molecule has 0 spiro atoms. The number of nitrogens with zero attached hydrogens (tertiary/aromatic N) is 2. The number of aryl methyl sites for hydroxylation is 1. The summed E-state index contributed by atoms with van der Waals surface area (Å²) in [5.41, 5.74) is 11.2. The molecule has 5 N–H and O–H groups in total. The van der Waals surface area contributed by atoms with Crippen molar-refractivity contribution in [1.82, 2.24) is 9.97 Å². The average molecular weight is 225 g/mol. The molecule has 1 rings (SSSR count). The first-order valence-corrected chi connectivity index (χ1v) is 4.78. The number of hydrogen-bond acceptors (Lipinski definition) is 6. The standard InChI is InChI=1S/C9H15N5O2/c1-6-4-13-9(11)14-8(6)12-2-3-16-5-7(10)15/h4H,2-3,5H2,1H3,(H2,10,15)(H3,11,12,13,14). The van der Waals surface area contributed by atoms with Gasteiger partial charge >= 0.3 is 0 Å². The van der Waals surface area contributed by atoms with E-state index in [9.17, 15) is 4.79 Å². The zero-order valence-corrected chi connectivity index (χ0v) is 9.06. The number of amides is 1. The van der Waals surface area contributed by atoms with Crippen molar-refractivity contribution in [3.8, 4) is 0 Å². The van der Waals surface area contributed by atoms with Crippen LogP contribution in [0.1, 0.15) is 5.56 Å². The van der Waals surface area contributed by atoms with Crippen LogP contribution < -0.4 is 16.8 Å². The number of ether oxygens (including phenoxy) is 1. The summed E-state index contributed by atoms with van der Waals surface area (Å²) in [4.78, 5) is 18.2. The average Bonchev–Trinajstić information content (AvgIpc) is 2.22. The minimum atomic E-state index is -0.484. The van der Waals surface area contributed by atoms with Crippen molar-refractivity contribution >= 4 is 17.7 Å².